The van der Waals surface area contributed by atoms with Gasteiger partial charge < -0.3 is 10.2 Å². The number of hydrogen-bond acceptors (Lipinski definition) is 5. The van der Waals surface area contributed by atoms with Gasteiger partial charge in [-0.25, -0.2) is 9.37 Å². The number of hydrogen-bond donors (Lipinski definition) is 1. The molecule has 0 saturated carbocycles. The second-order valence-electron chi connectivity index (χ2n) is 6.96. The first-order chi connectivity index (χ1) is 14.4. The first kappa shape index (κ1) is 20.0. The molecule has 0 aliphatic carbocycles. The van der Waals surface area contributed by atoms with Crippen LogP contribution in [-0.2, 0) is 24.3 Å². The minimum Gasteiger partial charge on any atom is -0.345 e. The number of carbonyl (C=O) groups excluding carboxylic acids is 2. The Balaban J connectivity index is 1.78. The van der Waals surface area contributed by atoms with Crippen LogP contribution in [0.25, 0.3) is 5.69 Å². The van der Waals surface area contributed by atoms with Gasteiger partial charge in [0.15, 0.2) is 0 Å². The number of amides is 2. The third kappa shape index (κ3) is 3.88. The zero-order chi connectivity index (χ0) is 21.3. The fraction of sp³-hybridized carbons (Fsp3) is 0.238. The van der Waals surface area contributed by atoms with Crippen LogP contribution in [0.3, 0.4) is 0 Å². The maximum atomic E-state index is 13.4. The molecule has 7 nitrogen and oxygen atoms in total. The van der Waals surface area contributed by atoms with Gasteiger partial charge in [-0.1, -0.05) is 0 Å². The van der Waals surface area contributed by atoms with E-state index in [9.17, 15) is 18.8 Å². The number of fused-ring (bicyclic) bond motifs is 1. The van der Waals surface area contributed by atoms with Gasteiger partial charge in [0, 0.05) is 43.5 Å². The number of nitrogens with one attached hydrogen (secondary N) is 1. The highest BCUT2D eigenvalue weighted by Gasteiger charge is 2.27. The smallest absolute Gasteiger partial charge is 0.268 e. The van der Waals surface area contributed by atoms with Crippen molar-refractivity contribution in [2.45, 2.75) is 26.4 Å². The standard InChI is InChI=1S/C21H19FN4O3S/c1-13(27)25-8-6-17-14(11-25)12-26(16-4-2-15(22)3-5-16)21(29)19(17)20(28)24-10-18-23-7-9-30-18/h2-5,7,9,12H,6,8,10-11H2,1H3,(H,24,28). The third-order valence-electron chi connectivity index (χ3n) is 5.06. The summed E-state index contributed by atoms with van der Waals surface area (Å²) in [6.07, 6.45) is 3.69. The van der Waals surface area contributed by atoms with E-state index >= 15 is 0 Å². The molecule has 1 N–H and O–H groups in total. The van der Waals surface area contributed by atoms with Crippen LogP contribution in [-0.4, -0.2) is 32.8 Å². The minimum atomic E-state index is -0.487. The molecule has 0 atom stereocenters. The number of rotatable bonds is 4. The SMILES string of the molecule is CC(=O)N1CCc2c(cn(-c3ccc(F)cc3)c(=O)c2C(=O)NCc2nccs2)C1. The Morgan fingerprint density at radius 3 is 2.70 bits per heavy atom. The maximum absolute atomic E-state index is 13.4. The Hall–Kier alpha value is -3.33. The van der Waals surface area contributed by atoms with E-state index in [-0.39, 0.29) is 18.0 Å². The van der Waals surface area contributed by atoms with Crippen molar-refractivity contribution >= 4 is 23.2 Å². The summed E-state index contributed by atoms with van der Waals surface area (Å²) < 4.78 is 14.7. The van der Waals surface area contributed by atoms with Crippen molar-refractivity contribution in [3.63, 3.8) is 0 Å². The van der Waals surface area contributed by atoms with Crippen LogP contribution in [0.1, 0.15) is 33.4 Å². The van der Waals surface area contributed by atoms with Crippen LogP contribution in [0.4, 0.5) is 4.39 Å². The van der Waals surface area contributed by atoms with E-state index < -0.39 is 17.3 Å². The Morgan fingerprint density at radius 1 is 1.27 bits per heavy atom. The van der Waals surface area contributed by atoms with E-state index in [1.807, 2.05) is 5.38 Å². The highest BCUT2D eigenvalue weighted by Crippen LogP contribution is 2.22. The van der Waals surface area contributed by atoms with Gasteiger partial charge in [0.2, 0.25) is 5.91 Å². The van der Waals surface area contributed by atoms with Crippen molar-refractivity contribution in [3.8, 4) is 5.69 Å². The average molecular weight is 426 g/mol. The molecular formula is C21H19FN4O3S. The molecule has 3 heterocycles. The molecule has 0 fully saturated rings. The summed E-state index contributed by atoms with van der Waals surface area (Å²) in [7, 11) is 0. The van der Waals surface area contributed by atoms with E-state index in [1.165, 1.54) is 47.1 Å². The first-order valence-electron chi connectivity index (χ1n) is 9.39. The summed E-state index contributed by atoms with van der Waals surface area (Å²) in [5.74, 6) is -0.983. The van der Waals surface area contributed by atoms with Crippen molar-refractivity contribution in [2.24, 2.45) is 0 Å². The number of aromatic nitrogens is 2. The van der Waals surface area contributed by atoms with Crippen molar-refractivity contribution in [1.82, 2.24) is 19.8 Å². The summed E-state index contributed by atoms with van der Waals surface area (Å²) in [4.78, 5) is 43.9. The molecule has 9 heteroatoms. The number of benzene rings is 1. The van der Waals surface area contributed by atoms with E-state index in [2.05, 4.69) is 10.3 Å². The van der Waals surface area contributed by atoms with Gasteiger partial charge in [0.1, 0.15) is 16.4 Å². The molecule has 2 amide bonds. The number of nitrogens with zero attached hydrogens (tertiary/aromatic N) is 3. The van der Waals surface area contributed by atoms with Crippen molar-refractivity contribution in [1.29, 1.82) is 0 Å². The summed E-state index contributed by atoms with van der Waals surface area (Å²) in [6.45, 7) is 2.45. The molecule has 0 spiro atoms. The molecule has 0 saturated heterocycles. The molecule has 3 aromatic rings. The molecule has 1 aliphatic heterocycles. The lowest BCUT2D eigenvalue weighted by Crippen LogP contribution is -2.40. The highest BCUT2D eigenvalue weighted by molar-refractivity contribution is 7.09. The molecule has 30 heavy (non-hydrogen) atoms. The summed E-state index contributed by atoms with van der Waals surface area (Å²) in [5, 5.41) is 5.31. The quantitative estimate of drug-likeness (QED) is 0.694. The summed E-state index contributed by atoms with van der Waals surface area (Å²) >= 11 is 1.41. The minimum absolute atomic E-state index is 0.0524. The largest absolute Gasteiger partial charge is 0.345 e. The molecule has 0 bridgehead atoms. The van der Waals surface area contributed by atoms with E-state index in [0.717, 1.165) is 10.6 Å². The lowest BCUT2D eigenvalue weighted by molar-refractivity contribution is -0.129. The van der Waals surface area contributed by atoms with Crippen LogP contribution >= 0.6 is 11.3 Å². The van der Waals surface area contributed by atoms with E-state index in [4.69, 9.17) is 0 Å². The Labute approximate surface area is 175 Å². The molecule has 0 unspecified atom stereocenters. The summed E-state index contributed by atoms with van der Waals surface area (Å²) in [6, 6.07) is 5.47. The zero-order valence-corrected chi connectivity index (χ0v) is 17.0. The first-order valence-corrected chi connectivity index (χ1v) is 10.3. The fourth-order valence-electron chi connectivity index (χ4n) is 3.54. The maximum Gasteiger partial charge on any atom is 0.268 e. The fourth-order valence-corrected chi connectivity index (χ4v) is 4.09. The Bertz CT molecular complexity index is 1160. The van der Waals surface area contributed by atoms with Crippen LogP contribution in [0, 0.1) is 5.82 Å². The van der Waals surface area contributed by atoms with Gasteiger partial charge in [-0.2, -0.15) is 0 Å². The van der Waals surface area contributed by atoms with Gasteiger partial charge in [-0.3, -0.25) is 19.0 Å². The van der Waals surface area contributed by atoms with Crippen LogP contribution in [0.15, 0.2) is 46.8 Å². The van der Waals surface area contributed by atoms with Crippen molar-refractivity contribution in [2.75, 3.05) is 6.54 Å². The van der Waals surface area contributed by atoms with Gasteiger partial charge in [-0.05, 0) is 41.8 Å². The van der Waals surface area contributed by atoms with Crippen LogP contribution in [0.5, 0.6) is 0 Å². The van der Waals surface area contributed by atoms with Gasteiger partial charge in [0.25, 0.3) is 11.5 Å². The predicted molar refractivity (Wildman–Crippen MR) is 110 cm³/mol. The third-order valence-corrected chi connectivity index (χ3v) is 5.84. The van der Waals surface area contributed by atoms with E-state index in [0.29, 0.717) is 30.8 Å². The molecule has 1 aliphatic rings. The molecular weight excluding hydrogens is 407 g/mol. The summed E-state index contributed by atoms with van der Waals surface area (Å²) in [5.41, 5.74) is 1.38. The van der Waals surface area contributed by atoms with Gasteiger partial charge in [0.05, 0.1) is 6.54 Å². The van der Waals surface area contributed by atoms with Crippen molar-refractivity contribution < 1.29 is 14.0 Å². The molecule has 0 radical (unpaired) electrons. The number of pyridine rings is 1. The zero-order valence-electron chi connectivity index (χ0n) is 16.2. The molecule has 2 aromatic heterocycles. The Kier molecular flexibility index (Phi) is 5.45. The van der Waals surface area contributed by atoms with Crippen LogP contribution in [0.2, 0.25) is 0 Å². The normalized spacial score (nSPS) is 13.1. The average Bonchev–Trinajstić information content (AvgIpc) is 3.25. The lowest BCUT2D eigenvalue weighted by Gasteiger charge is -2.29. The monoisotopic (exact) mass is 426 g/mol. The predicted octanol–water partition coefficient (Wildman–Crippen LogP) is 2.27. The van der Waals surface area contributed by atoms with Crippen molar-refractivity contribution in [3.05, 3.63) is 79.9 Å². The number of carbonyl (C=O) groups is 2. The second kappa shape index (κ2) is 8.19. The molecule has 4 rings (SSSR count). The van der Waals surface area contributed by atoms with E-state index in [1.54, 1.807) is 17.3 Å². The van der Waals surface area contributed by atoms with Gasteiger partial charge in [-0.15, -0.1) is 11.3 Å². The van der Waals surface area contributed by atoms with Gasteiger partial charge >= 0.3 is 0 Å². The number of halogens is 1. The molecule has 154 valence electrons. The lowest BCUT2D eigenvalue weighted by atomic mass is 9.95. The second-order valence-corrected chi connectivity index (χ2v) is 7.94. The topological polar surface area (TPSA) is 84.3 Å². The van der Waals surface area contributed by atoms with Crippen LogP contribution < -0.4 is 10.9 Å². The number of thiazole rings is 1. The highest BCUT2D eigenvalue weighted by atomic mass is 32.1. The Morgan fingerprint density at radius 2 is 2.03 bits per heavy atom. The molecule has 1 aromatic carbocycles.